The molecule has 1 aliphatic heterocycles. The molecule has 1 amide bonds. The van der Waals surface area contributed by atoms with E-state index in [1.807, 2.05) is 0 Å². The van der Waals surface area contributed by atoms with E-state index in [0.717, 1.165) is 6.07 Å². The first-order valence-corrected chi connectivity index (χ1v) is 8.70. The third-order valence-electron chi connectivity index (χ3n) is 4.38. The first-order chi connectivity index (χ1) is 14.5. The summed E-state index contributed by atoms with van der Waals surface area (Å²) in [6, 6.07) is 6.52. The van der Waals surface area contributed by atoms with Crippen LogP contribution in [0.5, 0.6) is 5.75 Å². The molecule has 0 bridgehead atoms. The molecule has 13 heteroatoms. The second-order valence-corrected chi connectivity index (χ2v) is 6.65. The first-order valence-electron chi connectivity index (χ1n) is 8.70. The van der Waals surface area contributed by atoms with Gasteiger partial charge in [0.2, 0.25) is 5.72 Å². The molecule has 0 radical (unpaired) electrons. The molecule has 2 aromatic rings. The number of rotatable bonds is 7. The van der Waals surface area contributed by atoms with Crippen LogP contribution in [-0.2, 0) is 6.61 Å². The highest BCUT2D eigenvalue weighted by molar-refractivity contribution is 5.97. The lowest BCUT2D eigenvalue weighted by Gasteiger charge is -2.29. The number of hydrazone groups is 1. The SMILES string of the molecule is Cc1ccc(OCc2ccc(C(=O)N3N=C(C(F)F)C[C@@]3(O)C(F)F)o2)c([N+](=O)[O-])c1. The van der Waals surface area contributed by atoms with Crippen molar-refractivity contribution >= 4 is 17.3 Å². The second-order valence-electron chi connectivity index (χ2n) is 6.65. The molecule has 0 spiro atoms. The van der Waals surface area contributed by atoms with Gasteiger partial charge in [0.1, 0.15) is 18.1 Å². The Bertz CT molecular complexity index is 1040. The van der Waals surface area contributed by atoms with Crippen LogP contribution in [0.4, 0.5) is 23.2 Å². The Kier molecular flexibility index (Phi) is 5.97. The average Bonchev–Trinajstić information content (AvgIpc) is 3.32. The smallest absolute Gasteiger partial charge is 0.312 e. The van der Waals surface area contributed by atoms with Crippen LogP contribution in [-0.4, -0.2) is 45.2 Å². The molecule has 3 rings (SSSR count). The number of ether oxygens (including phenoxy) is 1. The highest BCUT2D eigenvalue weighted by Gasteiger charge is 2.54. The molecule has 0 unspecified atom stereocenters. The molecule has 0 saturated carbocycles. The molecule has 0 fully saturated rings. The van der Waals surface area contributed by atoms with Crippen molar-refractivity contribution in [1.82, 2.24) is 5.01 Å². The van der Waals surface area contributed by atoms with Crippen molar-refractivity contribution in [3.05, 3.63) is 57.5 Å². The van der Waals surface area contributed by atoms with Crippen molar-refractivity contribution in [2.75, 3.05) is 0 Å². The number of amides is 1. The molecule has 166 valence electrons. The summed E-state index contributed by atoms with van der Waals surface area (Å²) in [6.07, 6.45) is -8.03. The van der Waals surface area contributed by atoms with Gasteiger partial charge >= 0.3 is 11.6 Å². The van der Waals surface area contributed by atoms with E-state index < -0.39 is 47.3 Å². The van der Waals surface area contributed by atoms with E-state index in [2.05, 4.69) is 5.10 Å². The van der Waals surface area contributed by atoms with Crippen LogP contribution in [0.2, 0.25) is 0 Å². The number of aliphatic hydroxyl groups is 1. The maximum atomic E-state index is 13.3. The molecule has 0 aliphatic carbocycles. The number of alkyl halides is 4. The summed E-state index contributed by atoms with van der Waals surface area (Å²) < 4.78 is 62.7. The van der Waals surface area contributed by atoms with Gasteiger partial charge in [-0.25, -0.2) is 17.6 Å². The molecule has 1 N–H and O–H groups in total. The minimum atomic E-state index is -3.57. The number of carbonyl (C=O) groups excluding carboxylic acids is 1. The fraction of sp³-hybridized carbons (Fsp3) is 0.333. The van der Waals surface area contributed by atoms with Gasteiger partial charge in [-0.2, -0.15) is 10.1 Å². The third-order valence-corrected chi connectivity index (χ3v) is 4.38. The number of hydrogen-bond donors (Lipinski definition) is 1. The van der Waals surface area contributed by atoms with Gasteiger partial charge < -0.3 is 14.3 Å². The van der Waals surface area contributed by atoms with Crippen LogP contribution in [0.25, 0.3) is 0 Å². The molecule has 1 aliphatic rings. The van der Waals surface area contributed by atoms with Crippen molar-refractivity contribution in [2.45, 2.75) is 38.5 Å². The lowest BCUT2D eigenvalue weighted by Crippen LogP contribution is -2.51. The third kappa shape index (κ3) is 4.35. The molecule has 2 heterocycles. The zero-order valence-corrected chi connectivity index (χ0v) is 15.8. The number of hydrogen-bond acceptors (Lipinski definition) is 7. The highest BCUT2D eigenvalue weighted by atomic mass is 19.3. The second kappa shape index (κ2) is 8.34. The van der Waals surface area contributed by atoms with Gasteiger partial charge in [-0.05, 0) is 30.7 Å². The van der Waals surface area contributed by atoms with Crippen LogP contribution in [0.1, 0.15) is 28.3 Å². The van der Waals surface area contributed by atoms with Gasteiger partial charge in [-0.3, -0.25) is 14.9 Å². The Hall–Kier alpha value is -3.48. The van der Waals surface area contributed by atoms with Gasteiger partial charge in [0.25, 0.3) is 12.9 Å². The Morgan fingerprint density at radius 1 is 1.35 bits per heavy atom. The van der Waals surface area contributed by atoms with Crippen molar-refractivity contribution in [3.8, 4) is 5.75 Å². The highest BCUT2D eigenvalue weighted by Crippen LogP contribution is 2.34. The van der Waals surface area contributed by atoms with Crippen molar-refractivity contribution < 1.29 is 41.5 Å². The maximum absolute atomic E-state index is 13.3. The van der Waals surface area contributed by atoms with Crippen molar-refractivity contribution in [2.24, 2.45) is 5.10 Å². The van der Waals surface area contributed by atoms with Crippen LogP contribution in [0.3, 0.4) is 0 Å². The first kappa shape index (κ1) is 22.2. The minimum Gasteiger partial charge on any atom is -0.479 e. The number of furan rings is 1. The largest absolute Gasteiger partial charge is 0.479 e. The predicted octanol–water partition coefficient (Wildman–Crippen LogP) is 3.50. The van der Waals surface area contributed by atoms with Gasteiger partial charge in [0.05, 0.1) is 4.92 Å². The van der Waals surface area contributed by atoms with Crippen LogP contribution in [0.15, 0.2) is 39.9 Å². The van der Waals surface area contributed by atoms with Crippen LogP contribution in [0, 0.1) is 17.0 Å². The standard InChI is InChI=1S/C18H15F4N3O6/c1-9-2-4-13(12(6-9)25(28)29)30-8-10-3-5-14(31-10)16(26)24-18(27,17(21)22)7-11(23-24)15(19)20/h2-6,15,17,27H,7-8H2,1H3/t18-/m1/s1. The molecule has 0 saturated heterocycles. The lowest BCUT2D eigenvalue weighted by molar-refractivity contribution is -0.386. The van der Waals surface area contributed by atoms with Gasteiger partial charge in [-0.15, -0.1) is 0 Å². The van der Waals surface area contributed by atoms with Crippen molar-refractivity contribution in [1.29, 1.82) is 0 Å². The summed E-state index contributed by atoms with van der Waals surface area (Å²) in [5.74, 6) is -2.03. The Balaban J connectivity index is 1.78. The van der Waals surface area contributed by atoms with Gasteiger partial charge in [-0.1, -0.05) is 6.07 Å². The zero-order chi connectivity index (χ0) is 22.9. The molecule has 1 aromatic carbocycles. The molecule has 9 nitrogen and oxygen atoms in total. The van der Waals surface area contributed by atoms with Crippen LogP contribution < -0.4 is 4.74 Å². The fourth-order valence-electron chi connectivity index (χ4n) is 2.82. The zero-order valence-electron chi connectivity index (χ0n) is 15.8. The quantitative estimate of drug-likeness (QED) is 0.396. The van der Waals surface area contributed by atoms with Gasteiger partial charge in [0.15, 0.2) is 11.5 Å². The molecular formula is C18H15F4N3O6. The average molecular weight is 445 g/mol. The van der Waals surface area contributed by atoms with Gasteiger partial charge in [0, 0.05) is 12.5 Å². The summed E-state index contributed by atoms with van der Waals surface area (Å²) >= 11 is 0. The van der Waals surface area contributed by atoms with E-state index in [0.29, 0.717) is 5.56 Å². The summed E-state index contributed by atoms with van der Waals surface area (Å²) in [6.45, 7) is 1.30. The summed E-state index contributed by atoms with van der Waals surface area (Å²) in [4.78, 5) is 22.9. The number of nitro benzene ring substituents is 1. The predicted molar refractivity (Wildman–Crippen MR) is 96.1 cm³/mol. The number of aryl methyl sites for hydroxylation is 1. The van der Waals surface area contributed by atoms with E-state index >= 15 is 0 Å². The lowest BCUT2D eigenvalue weighted by atomic mass is 10.1. The maximum Gasteiger partial charge on any atom is 0.312 e. The van der Waals surface area contributed by atoms with Crippen LogP contribution >= 0.6 is 0 Å². The normalized spacial score (nSPS) is 18.6. The van der Waals surface area contributed by atoms with Crippen molar-refractivity contribution in [3.63, 3.8) is 0 Å². The Morgan fingerprint density at radius 2 is 2.06 bits per heavy atom. The van der Waals surface area contributed by atoms with E-state index in [1.165, 1.54) is 18.2 Å². The number of halogens is 4. The number of carbonyl (C=O) groups is 1. The minimum absolute atomic E-state index is 0.0175. The molecule has 1 aromatic heterocycles. The Morgan fingerprint density at radius 3 is 2.68 bits per heavy atom. The monoisotopic (exact) mass is 445 g/mol. The van der Waals surface area contributed by atoms with E-state index in [1.54, 1.807) is 13.0 Å². The topological polar surface area (TPSA) is 118 Å². The Labute approximate surface area is 171 Å². The molecular weight excluding hydrogens is 430 g/mol. The number of nitrogens with zero attached hydrogens (tertiary/aromatic N) is 3. The number of benzene rings is 1. The summed E-state index contributed by atoms with van der Waals surface area (Å²) in [5, 5.41) is 24.1. The molecule has 1 atom stereocenters. The fourth-order valence-corrected chi connectivity index (χ4v) is 2.82. The van der Waals surface area contributed by atoms with E-state index in [9.17, 15) is 37.6 Å². The number of nitro groups is 1. The van der Waals surface area contributed by atoms with E-state index in [4.69, 9.17) is 9.15 Å². The van der Waals surface area contributed by atoms with E-state index in [-0.39, 0.29) is 28.8 Å². The molecule has 31 heavy (non-hydrogen) atoms. The summed E-state index contributed by atoms with van der Waals surface area (Å²) in [7, 11) is 0. The summed E-state index contributed by atoms with van der Waals surface area (Å²) in [5.41, 5.74) is -3.98.